The molecule has 1 fully saturated rings. The zero-order valence-corrected chi connectivity index (χ0v) is 20.8. The van der Waals surface area contributed by atoms with Crippen molar-refractivity contribution in [2.75, 3.05) is 31.6 Å². The molecular weight excluding hydrogens is 464 g/mol. The number of carbonyl (C=O) groups is 1. The minimum atomic E-state index is -3.54. The fraction of sp³-hybridized carbons (Fsp3) is 0.385. The summed E-state index contributed by atoms with van der Waals surface area (Å²) in [6.07, 6.45) is 3.34. The van der Waals surface area contributed by atoms with Gasteiger partial charge in [0, 0.05) is 44.2 Å². The standard InChI is InChI=1S/C26H32N4O4S/c1-2-34-19-8-16-30-24-12-7-6-11-23(24)27-26(30)28-25(31)22-13-17-29(18-14-22)35(32,33)20-15-21-9-4-3-5-10-21/h3-7,9-12,15,20,22H,2,8,13-14,16-19H2,1H3,(H,27,28,31)/b20-15+. The van der Waals surface area contributed by atoms with Crippen molar-refractivity contribution in [3.8, 4) is 0 Å². The second kappa shape index (κ2) is 11.6. The van der Waals surface area contributed by atoms with E-state index in [1.54, 1.807) is 6.08 Å². The van der Waals surface area contributed by atoms with Crippen LogP contribution in [0.4, 0.5) is 5.95 Å². The molecule has 2 heterocycles. The molecule has 0 radical (unpaired) electrons. The van der Waals surface area contributed by atoms with Gasteiger partial charge in [-0.15, -0.1) is 0 Å². The second-order valence-corrected chi connectivity index (χ2v) is 10.4. The maximum Gasteiger partial charge on any atom is 0.236 e. The number of aromatic nitrogens is 2. The Bertz CT molecular complexity index is 1260. The van der Waals surface area contributed by atoms with Gasteiger partial charge in [0.1, 0.15) is 0 Å². The average molecular weight is 497 g/mol. The first-order valence-electron chi connectivity index (χ1n) is 12.0. The summed E-state index contributed by atoms with van der Waals surface area (Å²) >= 11 is 0. The number of ether oxygens (including phenoxy) is 1. The van der Waals surface area contributed by atoms with Crippen LogP contribution in [0.15, 0.2) is 60.0 Å². The Labute approximate surface area is 206 Å². The van der Waals surface area contributed by atoms with Crippen LogP contribution in [0.3, 0.4) is 0 Å². The van der Waals surface area contributed by atoms with E-state index in [0.29, 0.717) is 51.6 Å². The van der Waals surface area contributed by atoms with Crippen LogP contribution in [-0.4, -0.2) is 54.5 Å². The molecule has 1 amide bonds. The highest BCUT2D eigenvalue weighted by Crippen LogP contribution is 2.24. The molecule has 0 bridgehead atoms. The third-order valence-corrected chi connectivity index (χ3v) is 7.75. The average Bonchev–Trinajstić information content (AvgIpc) is 3.23. The van der Waals surface area contributed by atoms with Crippen LogP contribution < -0.4 is 5.32 Å². The summed E-state index contributed by atoms with van der Waals surface area (Å²) in [7, 11) is -3.54. The molecule has 3 aromatic rings. The molecule has 35 heavy (non-hydrogen) atoms. The summed E-state index contributed by atoms with van der Waals surface area (Å²) in [5.41, 5.74) is 2.62. The van der Waals surface area contributed by atoms with E-state index in [9.17, 15) is 13.2 Å². The van der Waals surface area contributed by atoms with Crippen molar-refractivity contribution in [2.45, 2.75) is 32.7 Å². The van der Waals surface area contributed by atoms with E-state index < -0.39 is 10.0 Å². The smallest absolute Gasteiger partial charge is 0.236 e. The molecule has 1 saturated heterocycles. The van der Waals surface area contributed by atoms with Crippen molar-refractivity contribution in [3.05, 3.63) is 65.6 Å². The number of piperidine rings is 1. The Hall–Kier alpha value is -3.01. The van der Waals surface area contributed by atoms with E-state index in [4.69, 9.17) is 4.74 Å². The molecule has 8 nitrogen and oxygen atoms in total. The molecule has 0 atom stereocenters. The highest BCUT2D eigenvalue weighted by Gasteiger charge is 2.30. The Morgan fingerprint density at radius 2 is 1.83 bits per heavy atom. The number of fused-ring (bicyclic) bond motifs is 1. The van der Waals surface area contributed by atoms with Crippen molar-refractivity contribution in [3.63, 3.8) is 0 Å². The van der Waals surface area contributed by atoms with Crippen molar-refractivity contribution in [1.29, 1.82) is 0 Å². The van der Waals surface area contributed by atoms with Gasteiger partial charge >= 0.3 is 0 Å². The van der Waals surface area contributed by atoms with Gasteiger partial charge in [-0.25, -0.2) is 13.4 Å². The van der Waals surface area contributed by atoms with Gasteiger partial charge in [-0.1, -0.05) is 42.5 Å². The Balaban J connectivity index is 1.38. The zero-order chi connectivity index (χ0) is 24.7. The van der Waals surface area contributed by atoms with Crippen LogP contribution in [0.2, 0.25) is 0 Å². The van der Waals surface area contributed by atoms with Gasteiger partial charge in [-0.2, -0.15) is 4.31 Å². The van der Waals surface area contributed by atoms with Crippen molar-refractivity contribution in [1.82, 2.24) is 13.9 Å². The summed E-state index contributed by atoms with van der Waals surface area (Å²) in [4.78, 5) is 17.7. The number of nitrogens with one attached hydrogen (secondary N) is 1. The summed E-state index contributed by atoms with van der Waals surface area (Å²) in [5.74, 6) is 0.132. The monoisotopic (exact) mass is 496 g/mol. The second-order valence-electron chi connectivity index (χ2n) is 8.55. The molecule has 1 aromatic heterocycles. The topological polar surface area (TPSA) is 93.5 Å². The SMILES string of the molecule is CCOCCCn1c(NC(=O)C2CCN(S(=O)(=O)/C=C/c3ccccc3)CC2)nc2ccccc21. The van der Waals surface area contributed by atoms with Crippen molar-refractivity contribution in [2.24, 2.45) is 5.92 Å². The summed E-state index contributed by atoms with van der Waals surface area (Å²) in [6, 6.07) is 17.1. The third kappa shape index (κ3) is 6.36. The molecule has 186 valence electrons. The summed E-state index contributed by atoms with van der Waals surface area (Å²) in [5, 5.41) is 4.24. The predicted molar refractivity (Wildman–Crippen MR) is 138 cm³/mol. The largest absolute Gasteiger partial charge is 0.382 e. The molecule has 0 saturated carbocycles. The van der Waals surface area contributed by atoms with Crippen LogP contribution in [0, 0.1) is 5.92 Å². The number of aryl methyl sites for hydroxylation is 1. The maximum absolute atomic E-state index is 13.1. The van der Waals surface area contributed by atoms with Crippen molar-refractivity contribution < 1.29 is 17.9 Å². The number of amides is 1. The highest BCUT2D eigenvalue weighted by molar-refractivity contribution is 7.92. The number of para-hydroxylation sites is 2. The summed E-state index contributed by atoms with van der Waals surface area (Å²) < 4.78 is 34.4. The molecule has 4 rings (SSSR count). The third-order valence-electron chi connectivity index (χ3n) is 6.18. The highest BCUT2D eigenvalue weighted by atomic mass is 32.2. The Morgan fingerprint density at radius 3 is 2.57 bits per heavy atom. The van der Waals surface area contributed by atoms with Gasteiger partial charge in [0.2, 0.25) is 21.9 Å². The van der Waals surface area contributed by atoms with Crippen molar-refractivity contribution >= 4 is 39.0 Å². The van der Waals surface area contributed by atoms with Gasteiger partial charge < -0.3 is 9.30 Å². The number of hydrogen-bond donors (Lipinski definition) is 1. The molecule has 0 spiro atoms. The van der Waals surface area contributed by atoms with E-state index in [1.165, 1.54) is 9.71 Å². The van der Waals surface area contributed by atoms with Crippen LogP contribution >= 0.6 is 0 Å². The first-order valence-corrected chi connectivity index (χ1v) is 13.6. The number of anilines is 1. The number of hydrogen-bond acceptors (Lipinski definition) is 5. The van der Waals surface area contributed by atoms with E-state index >= 15 is 0 Å². The normalized spacial score (nSPS) is 15.7. The molecule has 0 aliphatic carbocycles. The number of rotatable bonds is 10. The first-order chi connectivity index (χ1) is 17.0. The number of benzene rings is 2. The minimum absolute atomic E-state index is 0.122. The Morgan fingerprint density at radius 1 is 1.11 bits per heavy atom. The number of sulfonamides is 1. The van der Waals surface area contributed by atoms with Gasteiger partial charge in [0.05, 0.1) is 11.0 Å². The van der Waals surface area contributed by atoms with Crippen LogP contribution in [0.5, 0.6) is 0 Å². The van der Waals surface area contributed by atoms with Crippen LogP contribution in [0.1, 0.15) is 31.7 Å². The number of imidazole rings is 1. The van der Waals surface area contributed by atoms with E-state index in [0.717, 1.165) is 23.0 Å². The quantitative estimate of drug-likeness (QED) is 0.426. The van der Waals surface area contributed by atoms with Gasteiger partial charge in [0.15, 0.2) is 0 Å². The van der Waals surface area contributed by atoms with E-state index in [-0.39, 0.29) is 11.8 Å². The maximum atomic E-state index is 13.1. The molecular formula is C26H32N4O4S. The number of carbonyl (C=O) groups excluding carboxylic acids is 1. The lowest BCUT2D eigenvalue weighted by molar-refractivity contribution is -0.121. The lowest BCUT2D eigenvalue weighted by Crippen LogP contribution is -2.40. The molecule has 9 heteroatoms. The molecule has 2 aromatic carbocycles. The van der Waals surface area contributed by atoms with Gasteiger partial charge in [-0.3, -0.25) is 10.1 Å². The molecule has 1 aliphatic rings. The summed E-state index contributed by atoms with van der Waals surface area (Å²) in [6.45, 7) is 4.58. The lowest BCUT2D eigenvalue weighted by atomic mass is 9.97. The zero-order valence-electron chi connectivity index (χ0n) is 20.0. The molecule has 1 N–H and O–H groups in total. The van der Waals surface area contributed by atoms with Gasteiger partial charge in [-0.05, 0) is 50.0 Å². The minimum Gasteiger partial charge on any atom is -0.382 e. The lowest BCUT2D eigenvalue weighted by Gasteiger charge is -2.29. The van der Waals surface area contributed by atoms with E-state index in [1.807, 2.05) is 66.1 Å². The number of nitrogens with zero attached hydrogens (tertiary/aromatic N) is 3. The Kier molecular flexibility index (Phi) is 8.33. The van der Waals surface area contributed by atoms with Crippen LogP contribution in [-0.2, 0) is 26.1 Å². The fourth-order valence-corrected chi connectivity index (χ4v) is 5.49. The fourth-order valence-electron chi connectivity index (χ4n) is 4.27. The van der Waals surface area contributed by atoms with Gasteiger partial charge in [0.25, 0.3) is 0 Å². The van der Waals surface area contributed by atoms with E-state index in [2.05, 4.69) is 10.3 Å². The predicted octanol–water partition coefficient (Wildman–Crippen LogP) is 4.11. The first kappa shape index (κ1) is 25.1. The molecule has 0 unspecified atom stereocenters. The molecule has 1 aliphatic heterocycles. The van der Waals surface area contributed by atoms with Crippen LogP contribution in [0.25, 0.3) is 17.1 Å².